The van der Waals surface area contributed by atoms with Gasteiger partial charge in [-0.3, -0.25) is 24.7 Å². The van der Waals surface area contributed by atoms with Gasteiger partial charge in [0.25, 0.3) is 17.4 Å². The standard InChI is InChI=1S/C23H16FN3O5/c24-17-7-3-16(4-8-17)21(28)19-20(15-5-9-18(10-6-15)27(31)32)26(23(30)22(19)29)13-14-2-1-11-25-12-14/h1-12,20,28H,13H2. The van der Waals surface area contributed by atoms with Gasteiger partial charge in [-0.15, -0.1) is 0 Å². The van der Waals surface area contributed by atoms with Crippen molar-refractivity contribution >= 4 is 23.1 Å². The SMILES string of the molecule is O=C1C(=O)N(Cc2cccnc2)C(c2ccc([N+](=O)[O-])cc2)C1=C(O)c1ccc(F)cc1. The highest BCUT2D eigenvalue weighted by Gasteiger charge is 2.46. The number of nitro groups is 1. The first-order valence-electron chi connectivity index (χ1n) is 9.54. The van der Waals surface area contributed by atoms with Crippen LogP contribution in [0.1, 0.15) is 22.7 Å². The lowest BCUT2D eigenvalue weighted by Crippen LogP contribution is -2.29. The van der Waals surface area contributed by atoms with Crippen LogP contribution in [-0.2, 0) is 16.1 Å². The average Bonchev–Trinajstić information content (AvgIpc) is 3.05. The van der Waals surface area contributed by atoms with Gasteiger partial charge >= 0.3 is 0 Å². The molecule has 1 aromatic heterocycles. The maximum Gasteiger partial charge on any atom is 0.295 e. The summed E-state index contributed by atoms with van der Waals surface area (Å²) in [5.41, 5.74) is 0.888. The number of aliphatic hydroxyl groups excluding tert-OH is 1. The second-order valence-electron chi connectivity index (χ2n) is 7.14. The Morgan fingerprint density at radius 3 is 2.38 bits per heavy atom. The molecule has 1 saturated heterocycles. The third-order valence-electron chi connectivity index (χ3n) is 5.15. The maximum absolute atomic E-state index is 13.3. The number of rotatable bonds is 5. The molecular weight excluding hydrogens is 417 g/mol. The zero-order valence-corrected chi connectivity index (χ0v) is 16.5. The van der Waals surface area contributed by atoms with Crippen LogP contribution in [0.15, 0.2) is 78.6 Å². The molecule has 0 saturated carbocycles. The normalized spacial score (nSPS) is 17.5. The van der Waals surface area contributed by atoms with Crippen molar-refractivity contribution in [3.63, 3.8) is 0 Å². The summed E-state index contributed by atoms with van der Waals surface area (Å²) < 4.78 is 13.3. The third-order valence-corrected chi connectivity index (χ3v) is 5.15. The first-order chi connectivity index (χ1) is 15.4. The molecule has 0 radical (unpaired) electrons. The number of carbonyl (C=O) groups is 2. The summed E-state index contributed by atoms with van der Waals surface area (Å²) in [6.45, 7) is 0.0280. The smallest absolute Gasteiger partial charge is 0.295 e. The molecule has 32 heavy (non-hydrogen) atoms. The Labute approximate surface area is 181 Å². The minimum Gasteiger partial charge on any atom is -0.507 e. The van der Waals surface area contributed by atoms with E-state index in [-0.39, 0.29) is 23.4 Å². The van der Waals surface area contributed by atoms with E-state index in [1.807, 2.05) is 0 Å². The van der Waals surface area contributed by atoms with E-state index < -0.39 is 34.2 Å². The van der Waals surface area contributed by atoms with Crippen LogP contribution < -0.4 is 0 Å². The topological polar surface area (TPSA) is 114 Å². The van der Waals surface area contributed by atoms with Crippen LogP contribution in [0.2, 0.25) is 0 Å². The van der Waals surface area contributed by atoms with E-state index in [9.17, 15) is 29.2 Å². The zero-order valence-electron chi connectivity index (χ0n) is 16.5. The van der Waals surface area contributed by atoms with Crippen LogP contribution >= 0.6 is 0 Å². The van der Waals surface area contributed by atoms with Gasteiger partial charge in [-0.2, -0.15) is 0 Å². The molecule has 1 fully saturated rings. The highest BCUT2D eigenvalue weighted by molar-refractivity contribution is 6.46. The van der Waals surface area contributed by atoms with Crippen molar-refractivity contribution in [2.45, 2.75) is 12.6 Å². The molecule has 1 amide bonds. The predicted molar refractivity (Wildman–Crippen MR) is 112 cm³/mol. The molecule has 1 aliphatic rings. The number of Topliss-reactive ketones (excluding diaryl/α,β-unsaturated/α-hetero) is 1. The lowest BCUT2D eigenvalue weighted by molar-refractivity contribution is -0.384. The highest BCUT2D eigenvalue weighted by Crippen LogP contribution is 2.40. The Kier molecular flexibility index (Phi) is 5.46. The number of nitrogens with zero attached hydrogens (tertiary/aromatic N) is 3. The number of aliphatic hydroxyl groups is 1. The van der Waals surface area contributed by atoms with Gasteiger partial charge in [0.15, 0.2) is 0 Å². The number of non-ortho nitro benzene ring substituents is 1. The Morgan fingerprint density at radius 2 is 1.78 bits per heavy atom. The average molecular weight is 433 g/mol. The largest absolute Gasteiger partial charge is 0.507 e. The summed E-state index contributed by atoms with van der Waals surface area (Å²) in [6.07, 6.45) is 3.12. The minimum absolute atomic E-state index is 0.0280. The lowest BCUT2D eigenvalue weighted by atomic mass is 9.95. The van der Waals surface area contributed by atoms with Gasteiger partial charge in [0.2, 0.25) is 0 Å². The minimum atomic E-state index is -0.999. The fourth-order valence-corrected chi connectivity index (χ4v) is 3.62. The van der Waals surface area contributed by atoms with Gasteiger partial charge in [-0.05, 0) is 53.6 Å². The van der Waals surface area contributed by atoms with Crippen molar-refractivity contribution in [1.82, 2.24) is 9.88 Å². The molecule has 2 aromatic carbocycles. The van der Waals surface area contributed by atoms with Crippen LogP contribution in [0.25, 0.3) is 5.76 Å². The Hall–Kier alpha value is -4.40. The Bertz CT molecular complexity index is 1220. The molecule has 9 heteroatoms. The summed E-state index contributed by atoms with van der Waals surface area (Å²) in [7, 11) is 0. The van der Waals surface area contributed by atoms with Gasteiger partial charge in [-0.1, -0.05) is 6.07 Å². The number of hydrogen-bond acceptors (Lipinski definition) is 6. The second-order valence-corrected chi connectivity index (χ2v) is 7.14. The lowest BCUT2D eigenvalue weighted by Gasteiger charge is -2.25. The number of nitro benzene ring substituents is 1. The molecule has 1 aliphatic heterocycles. The zero-order chi connectivity index (χ0) is 22.8. The van der Waals surface area contributed by atoms with Gasteiger partial charge in [-0.25, -0.2) is 4.39 Å². The number of benzene rings is 2. The fourth-order valence-electron chi connectivity index (χ4n) is 3.62. The summed E-state index contributed by atoms with van der Waals surface area (Å²) in [5.74, 6) is -2.72. The number of pyridine rings is 1. The van der Waals surface area contributed by atoms with Crippen LogP contribution in [0, 0.1) is 15.9 Å². The molecule has 0 bridgehead atoms. The molecular formula is C23H16FN3O5. The van der Waals surface area contributed by atoms with Crippen LogP contribution in [0.4, 0.5) is 10.1 Å². The number of likely N-dealkylation sites (tertiary alicyclic amines) is 1. The van der Waals surface area contributed by atoms with Gasteiger partial charge in [0.05, 0.1) is 16.5 Å². The Morgan fingerprint density at radius 1 is 1.09 bits per heavy atom. The molecule has 4 rings (SSSR count). The Balaban J connectivity index is 1.85. The van der Waals surface area contributed by atoms with E-state index in [0.29, 0.717) is 11.1 Å². The molecule has 160 valence electrons. The molecule has 8 nitrogen and oxygen atoms in total. The van der Waals surface area contributed by atoms with Crippen molar-refractivity contribution in [2.75, 3.05) is 0 Å². The molecule has 3 aromatic rings. The predicted octanol–water partition coefficient (Wildman–Crippen LogP) is 3.75. The second kappa shape index (κ2) is 8.38. The number of carbonyl (C=O) groups excluding carboxylic acids is 2. The van der Waals surface area contributed by atoms with Crippen LogP contribution in [0.5, 0.6) is 0 Å². The number of halogens is 1. The number of ketones is 1. The van der Waals surface area contributed by atoms with Crippen molar-refractivity contribution in [2.24, 2.45) is 0 Å². The number of hydrogen-bond donors (Lipinski definition) is 1. The van der Waals surface area contributed by atoms with Crippen LogP contribution in [0.3, 0.4) is 0 Å². The monoisotopic (exact) mass is 433 g/mol. The summed E-state index contributed by atoms with van der Waals surface area (Å²) >= 11 is 0. The van der Waals surface area contributed by atoms with E-state index in [1.165, 1.54) is 41.3 Å². The van der Waals surface area contributed by atoms with Gasteiger partial charge < -0.3 is 10.0 Å². The van der Waals surface area contributed by atoms with E-state index >= 15 is 0 Å². The third kappa shape index (κ3) is 3.83. The summed E-state index contributed by atoms with van der Waals surface area (Å²) in [5, 5.41) is 21.9. The van der Waals surface area contributed by atoms with E-state index in [0.717, 1.165) is 12.1 Å². The first kappa shape index (κ1) is 20.9. The highest BCUT2D eigenvalue weighted by atomic mass is 19.1. The van der Waals surface area contributed by atoms with Crippen molar-refractivity contribution in [1.29, 1.82) is 0 Å². The van der Waals surface area contributed by atoms with Crippen molar-refractivity contribution in [3.8, 4) is 0 Å². The van der Waals surface area contributed by atoms with E-state index in [2.05, 4.69) is 4.98 Å². The number of amides is 1. The van der Waals surface area contributed by atoms with Gasteiger partial charge in [0.1, 0.15) is 11.6 Å². The molecule has 1 unspecified atom stereocenters. The molecule has 0 spiro atoms. The molecule has 0 aliphatic carbocycles. The van der Waals surface area contributed by atoms with Crippen LogP contribution in [-0.4, -0.2) is 31.6 Å². The summed E-state index contributed by atoms with van der Waals surface area (Å²) in [4.78, 5) is 41.6. The summed E-state index contributed by atoms with van der Waals surface area (Å²) in [6, 6.07) is 12.7. The first-order valence-corrected chi connectivity index (χ1v) is 9.54. The van der Waals surface area contributed by atoms with E-state index in [4.69, 9.17) is 0 Å². The maximum atomic E-state index is 13.3. The van der Waals surface area contributed by atoms with Crippen molar-refractivity contribution < 1.29 is 24.0 Å². The fraction of sp³-hybridized carbons (Fsp3) is 0.0870. The van der Waals surface area contributed by atoms with Crippen molar-refractivity contribution in [3.05, 3.63) is 111 Å². The molecule has 1 atom stereocenters. The van der Waals surface area contributed by atoms with Gasteiger partial charge in [0, 0.05) is 36.6 Å². The van der Waals surface area contributed by atoms with E-state index in [1.54, 1.807) is 24.5 Å². The molecule has 1 N–H and O–H groups in total. The number of aromatic nitrogens is 1. The molecule has 2 heterocycles. The quantitative estimate of drug-likeness (QED) is 0.216.